The van der Waals surface area contributed by atoms with Crippen LogP contribution in [0.25, 0.3) is 0 Å². The van der Waals surface area contributed by atoms with Gasteiger partial charge in [-0.1, -0.05) is 36.9 Å². The van der Waals surface area contributed by atoms with Crippen molar-refractivity contribution in [2.24, 2.45) is 5.73 Å². The lowest BCUT2D eigenvalue weighted by Crippen LogP contribution is -2.35. The molecule has 0 aliphatic rings. The van der Waals surface area contributed by atoms with Gasteiger partial charge in [-0.05, 0) is 40.0 Å². The van der Waals surface area contributed by atoms with Crippen LogP contribution in [0.4, 0.5) is 0 Å². The summed E-state index contributed by atoms with van der Waals surface area (Å²) in [5, 5.41) is 4.08. The van der Waals surface area contributed by atoms with Crippen molar-refractivity contribution in [3.8, 4) is 12.3 Å². The zero-order valence-electron chi connectivity index (χ0n) is 10.4. The van der Waals surface area contributed by atoms with Crippen molar-refractivity contribution in [1.82, 2.24) is 5.32 Å². The highest BCUT2D eigenvalue weighted by atomic mass is 79.9. The number of hydrogen-bond donors (Lipinski definition) is 2. The summed E-state index contributed by atoms with van der Waals surface area (Å²) in [6.45, 7) is 2.61. The van der Waals surface area contributed by atoms with Gasteiger partial charge in [0.05, 0.1) is 11.1 Å². The highest BCUT2D eigenvalue weighted by molar-refractivity contribution is 9.10. The van der Waals surface area contributed by atoms with Gasteiger partial charge in [-0.2, -0.15) is 0 Å². The smallest absolute Gasteiger partial charge is 0.0692 e. The summed E-state index contributed by atoms with van der Waals surface area (Å²) in [6, 6.07) is 5.91. The molecule has 1 rings (SSSR count). The first kappa shape index (κ1) is 15.5. The largest absolute Gasteiger partial charge is 0.329 e. The normalized spacial score (nSPS) is 13.9. The van der Waals surface area contributed by atoms with Gasteiger partial charge in [-0.15, -0.1) is 6.42 Å². The van der Waals surface area contributed by atoms with Crippen molar-refractivity contribution in [2.75, 3.05) is 6.54 Å². The molecule has 1 aromatic carbocycles. The molecule has 98 valence electrons. The predicted molar refractivity (Wildman–Crippen MR) is 81.6 cm³/mol. The second kappa shape index (κ2) is 7.81. The Labute approximate surface area is 122 Å². The highest BCUT2D eigenvalue weighted by Gasteiger charge is 2.14. The van der Waals surface area contributed by atoms with E-state index in [1.165, 1.54) is 0 Å². The molecule has 4 heteroatoms. The van der Waals surface area contributed by atoms with Gasteiger partial charge in [0.25, 0.3) is 0 Å². The number of terminal acetylenes is 1. The van der Waals surface area contributed by atoms with Crippen molar-refractivity contribution in [3.05, 3.63) is 33.3 Å². The molecular formula is C14H18BrClN2. The van der Waals surface area contributed by atoms with E-state index in [1.54, 1.807) is 0 Å². The lowest BCUT2D eigenvalue weighted by atomic mass is 10.0. The second-order valence-corrected chi connectivity index (χ2v) is 5.40. The maximum atomic E-state index is 5.98. The van der Waals surface area contributed by atoms with Crippen LogP contribution in [0.3, 0.4) is 0 Å². The van der Waals surface area contributed by atoms with Crippen LogP contribution >= 0.6 is 27.5 Å². The number of nitrogens with two attached hydrogens (primary N) is 1. The van der Waals surface area contributed by atoms with Crippen LogP contribution in [0.15, 0.2) is 22.7 Å². The molecule has 2 unspecified atom stereocenters. The lowest BCUT2D eigenvalue weighted by molar-refractivity contribution is 0.475. The van der Waals surface area contributed by atoms with Gasteiger partial charge >= 0.3 is 0 Å². The molecule has 1 aromatic rings. The summed E-state index contributed by atoms with van der Waals surface area (Å²) in [6.07, 6.45) is 7.50. The molecule has 0 aromatic heterocycles. The van der Waals surface area contributed by atoms with Crippen LogP contribution < -0.4 is 11.1 Å². The van der Waals surface area contributed by atoms with Crippen molar-refractivity contribution in [1.29, 1.82) is 0 Å². The monoisotopic (exact) mass is 328 g/mol. The Bertz CT molecular complexity index is 428. The Kier molecular flexibility index (Phi) is 6.73. The van der Waals surface area contributed by atoms with Gasteiger partial charge < -0.3 is 5.73 Å². The van der Waals surface area contributed by atoms with E-state index in [4.69, 9.17) is 23.8 Å². The maximum absolute atomic E-state index is 5.98. The molecule has 0 amide bonds. The summed E-state index contributed by atoms with van der Waals surface area (Å²) < 4.78 is 0.870. The SMILES string of the molecule is C#CC(CCC)NC(CN)c1ccc(Cl)c(Br)c1. The first-order chi connectivity index (χ1) is 8.62. The maximum Gasteiger partial charge on any atom is 0.0692 e. The van der Waals surface area contributed by atoms with E-state index in [2.05, 4.69) is 34.1 Å². The van der Waals surface area contributed by atoms with Crippen LogP contribution in [-0.4, -0.2) is 12.6 Å². The molecule has 3 N–H and O–H groups in total. The standard InChI is InChI=1S/C14H18BrClN2/c1-3-5-11(4-2)18-14(9-17)10-6-7-13(16)12(15)8-10/h2,6-8,11,14,18H,3,5,9,17H2,1H3. The third-order valence-electron chi connectivity index (χ3n) is 2.76. The molecule has 18 heavy (non-hydrogen) atoms. The van der Waals surface area contributed by atoms with E-state index in [0.717, 1.165) is 22.9 Å². The van der Waals surface area contributed by atoms with Gasteiger partial charge in [0.15, 0.2) is 0 Å². The minimum absolute atomic E-state index is 0.0474. The molecule has 2 nitrogen and oxygen atoms in total. The Morgan fingerprint density at radius 2 is 2.28 bits per heavy atom. The highest BCUT2D eigenvalue weighted by Crippen LogP contribution is 2.26. The van der Waals surface area contributed by atoms with Gasteiger partial charge in [0.1, 0.15) is 0 Å². The molecule has 0 heterocycles. The number of rotatable bonds is 6. The summed E-state index contributed by atoms with van der Waals surface area (Å²) >= 11 is 9.40. The summed E-state index contributed by atoms with van der Waals surface area (Å²) in [5.41, 5.74) is 6.90. The summed E-state index contributed by atoms with van der Waals surface area (Å²) in [4.78, 5) is 0. The fourth-order valence-corrected chi connectivity index (χ4v) is 2.29. The Morgan fingerprint density at radius 1 is 1.56 bits per heavy atom. The molecular weight excluding hydrogens is 312 g/mol. The van der Waals surface area contributed by atoms with Crippen LogP contribution in [-0.2, 0) is 0 Å². The van der Waals surface area contributed by atoms with Crippen molar-refractivity contribution >= 4 is 27.5 Å². The minimum atomic E-state index is 0.0474. The van der Waals surface area contributed by atoms with E-state index in [9.17, 15) is 0 Å². The Hall–Kier alpha value is -0.530. The van der Waals surface area contributed by atoms with E-state index in [0.29, 0.717) is 11.6 Å². The van der Waals surface area contributed by atoms with Gasteiger partial charge in [-0.25, -0.2) is 0 Å². The number of hydrogen-bond acceptors (Lipinski definition) is 2. The third kappa shape index (κ3) is 4.29. The summed E-state index contributed by atoms with van der Waals surface area (Å²) in [5.74, 6) is 2.76. The predicted octanol–water partition coefficient (Wildman–Crippen LogP) is 3.49. The van der Waals surface area contributed by atoms with Crippen LogP contribution in [0, 0.1) is 12.3 Å². The summed E-state index contributed by atoms with van der Waals surface area (Å²) in [7, 11) is 0. The molecule has 0 spiro atoms. The van der Waals surface area contributed by atoms with Crippen molar-refractivity contribution in [2.45, 2.75) is 31.8 Å². The first-order valence-electron chi connectivity index (χ1n) is 5.99. The molecule has 0 aliphatic heterocycles. The average Bonchev–Trinajstić information content (AvgIpc) is 2.38. The molecule has 0 aliphatic carbocycles. The quantitative estimate of drug-likeness (QED) is 0.784. The molecule has 0 saturated heterocycles. The van der Waals surface area contributed by atoms with E-state index in [-0.39, 0.29) is 12.1 Å². The fraction of sp³-hybridized carbons (Fsp3) is 0.429. The number of nitrogens with one attached hydrogen (secondary N) is 1. The number of halogens is 2. The Morgan fingerprint density at radius 3 is 2.78 bits per heavy atom. The van der Waals surface area contributed by atoms with Crippen molar-refractivity contribution in [3.63, 3.8) is 0 Å². The Balaban J connectivity index is 2.82. The minimum Gasteiger partial charge on any atom is -0.329 e. The van der Waals surface area contributed by atoms with E-state index < -0.39 is 0 Å². The second-order valence-electron chi connectivity index (χ2n) is 4.14. The lowest BCUT2D eigenvalue weighted by Gasteiger charge is -2.22. The molecule has 0 saturated carbocycles. The number of benzene rings is 1. The van der Waals surface area contributed by atoms with E-state index >= 15 is 0 Å². The first-order valence-corrected chi connectivity index (χ1v) is 7.16. The molecule has 2 atom stereocenters. The van der Waals surface area contributed by atoms with E-state index in [1.807, 2.05) is 18.2 Å². The van der Waals surface area contributed by atoms with Crippen molar-refractivity contribution < 1.29 is 0 Å². The molecule has 0 fully saturated rings. The zero-order chi connectivity index (χ0) is 13.5. The van der Waals surface area contributed by atoms with Gasteiger partial charge in [-0.3, -0.25) is 5.32 Å². The van der Waals surface area contributed by atoms with Crippen LogP contribution in [0.2, 0.25) is 5.02 Å². The zero-order valence-corrected chi connectivity index (χ0v) is 12.8. The fourth-order valence-electron chi connectivity index (χ4n) is 1.78. The average molecular weight is 330 g/mol. The third-order valence-corrected chi connectivity index (χ3v) is 3.98. The molecule has 0 radical (unpaired) electrons. The topological polar surface area (TPSA) is 38.0 Å². The van der Waals surface area contributed by atoms with Crippen LogP contribution in [0.1, 0.15) is 31.4 Å². The molecule has 0 bridgehead atoms. The van der Waals surface area contributed by atoms with Gasteiger partial charge in [0.2, 0.25) is 0 Å². The van der Waals surface area contributed by atoms with Crippen LogP contribution in [0.5, 0.6) is 0 Å². The van der Waals surface area contributed by atoms with Gasteiger partial charge in [0, 0.05) is 17.1 Å².